The number of hydrogen-bond donors (Lipinski definition) is 2. The van der Waals surface area contributed by atoms with Crippen molar-refractivity contribution < 1.29 is 18.7 Å². The summed E-state index contributed by atoms with van der Waals surface area (Å²) in [6, 6.07) is 13.9. The lowest BCUT2D eigenvalue weighted by Crippen LogP contribution is -2.43. The van der Waals surface area contributed by atoms with E-state index < -0.39 is 5.41 Å². The molecule has 0 aromatic heterocycles. The van der Waals surface area contributed by atoms with Gasteiger partial charge in [0, 0.05) is 18.7 Å². The van der Waals surface area contributed by atoms with Gasteiger partial charge in [0.1, 0.15) is 17.0 Å². The van der Waals surface area contributed by atoms with Crippen LogP contribution in [0.3, 0.4) is 0 Å². The van der Waals surface area contributed by atoms with Gasteiger partial charge in [-0.05, 0) is 43.0 Å². The van der Waals surface area contributed by atoms with Crippen LogP contribution in [0.25, 0.3) is 0 Å². The Kier molecular flexibility index (Phi) is 5.74. The molecule has 0 saturated heterocycles. The zero-order valence-electron chi connectivity index (χ0n) is 15.3. The summed E-state index contributed by atoms with van der Waals surface area (Å²) >= 11 is 0. The van der Waals surface area contributed by atoms with E-state index in [1.807, 2.05) is 24.3 Å². The molecule has 1 aliphatic carbocycles. The molecular formula is C21H23FN2O3. The summed E-state index contributed by atoms with van der Waals surface area (Å²) in [5.41, 5.74) is 0.469. The highest BCUT2D eigenvalue weighted by atomic mass is 19.1. The van der Waals surface area contributed by atoms with Crippen LogP contribution in [0, 0.1) is 11.2 Å². The fourth-order valence-electron chi connectivity index (χ4n) is 2.95. The molecule has 0 radical (unpaired) electrons. The topological polar surface area (TPSA) is 67.4 Å². The predicted octanol–water partition coefficient (Wildman–Crippen LogP) is 2.59. The minimum atomic E-state index is -1.01. The lowest BCUT2D eigenvalue weighted by molar-refractivity contribution is -0.137. The lowest BCUT2D eigenvalue weighted by Gasteiger charge is -2.16. The highest BCUT2D eigenvalue weighted by Crippen LogP contribution is 2.46. The van der Waals surface area contributed by atoms with Crippen molar-refractivity contribution in [2.75, 3.05) is 13.7 Å². The molecule has 0 bridgehead atoms. The SMILES string of the molecule is COc1ccc(CCNC(=O)C2(C(=O)NCc3ccccc3F)CC2)cc1. The third kappa shape index (κ3) is 4.45. The van der Waals surface area contributed by atoms with E-state index in [2.05, 4.69) is 10.6 Å². The largest absolute Gasteiger partial charge is 0.497 e. The Morgan fingerprint density at radius 1 is 1.04 bits per heavy atom. The fourth-order valence-corrected chi connectivity index (χ4v) is 2.95. The molecule has 5 nitrogen and oxygen atoms in total. The van der Waals surface area contributed by atoms with Crippen LogP contribution in [0.15, 0.2) is 48.5 Å². The molecular weight excluding hydrogens is 347 g/mol. The van der Waals surface area contributed by atoms with E-state index in [9.17, 15) is 14.0 Å². The third-order valence-corrected chi connectivity index (χ3v) is 4.87. The molecule has 27 heavy (non-hydrogen) atoms. The van der Waals surface area contributed by atoms with Crippen molar-refractivity contribution in [3.05, 3.63) is 65.5 Å². The van der Waals surface area contributed by atoms with Gasteiger partial charge in [0.05, 0.1) is 7.11 Å². The van der Waals surface area contributed by atoms with Crippen molar-refractivity contribution >= 4 is 11.8 Å². The molecule has 2 aromatic rings. The number of benzene rings is 2. The van der Waals surface area contributed by atoms with Crippen molar-refractivity contribution in [3.63, 3.8) is 0 Å². The number of halogens is 1. The average Bonchev–Trinajstić information content (AvgIpc) is 3.50. The highest BCUT2D eigenvalue weighted by molar-refractivity contribution is 6.07. The van der Waals surface area contributed by atoms with Crippen LogP contribution in [0.1, 0.15) is 24.0 Å². The van der Waals surface area contributed by atoms with E-state index in [-0.39, 0.29) is 24.2 Å². The van der Waals surface area contributed by atoms with Crippen LogP contribution in [0.5, 0.6) is 5.75 Å². The number of carbonyl (C=O) groups is 2. The molecule has 0 spiro atoms. The highest BCUT2D eigenvalue weighted by Gasteiger charge is 2.56. The number of hydrogen-bond acceptors (Lipinski definition) is 3. The molecule has 2 aromatic carbocycles. The normalized spacial score (nSPS) is 14.3. The smallest absolute Gasteiger partial charge is 0.235 e. The van der Waals surface area contributed by atoms with Crippen LogP contribution in [0.2, 0.25) is 0 Å². The first-order valence-corrected chi connectivity index (χ1v) is 8.98. The van der Waals surface area contributed by atoms with Crippen LogP contribution < -0.4 is 15.4 Å². The second-order valence-electron chi connectivity index (χ2n) is 6.71. The molecule has 2 amide bonds. The van der Waals surface area contributed by atoms with E-state index >= 15 is 0 Å². The van der Waals surface area contributed by atoms with Crippen LogP contribution in [-0.4, -0.2) is 25.5 Å². The molecule has 3 rings (SSSR count). The molecule has 0 heterocycles. The van der Waals surface area contributed by atoms with Gasteiger partial charge >= 0.3 is 0 Å². The van der Waals surface area contributed by atoms with Crippen LogP contribution in [-0.2, 0) is 22.6 Å². The number of methoxy groups -OCH3 is 1. The molecule has 0 unspecified atom stereocenters. The Balaban J connectivity index is 1.48. The van der Waals surface area contributed by atoms with Gasteiger partial charge in [-0.25, -0.2) is 4.39 Å². The summed E-state index contributed by atoms with van der Waals surface area (Å²) in [6.45, 7) is 0.528. The van der Waals surface area contributed by atoms with Crippen LogP contribution >= 0.6 is 0 Å². The molecule has 1 fully saturated rings. The van der Waals surface area contributed by atoms with Crippen molar-refractivity contribution in [2.45, 2.75) is 25.8 Å². The van der Waals surface area contributed by atoms with E-state index in [4.69, 9.17) is 4.74 Å². The minimum Gasteiger partial charge on any atom is -0.497 e. The summed E-state index contributed by atoms with van der Waals surface area (Å²) in [7, 11) is 1.61. The van der Waals surface area contributed by atoms with Crippen molar-refractivity contribution in [1.82, 2.24) is 10.6 Å². The van der Waals surface area contributed by atoms with Gasteiger partial charge in [-0.1, -0.05) is 30.3 Å². The average molecular weight is 370 g/mol. The van der Waals surface area contributed by atoms with E-state index in [1.165, 1.54) is 6.07 Å². The Hall–Kier alpha value is -2.89. The van der Waals surface area contributed by atoms with Gasteiger partial charge in [0.2, 0.25) is 11.8 Å². The fraction of sp³-hybridized carbons (Fsp3) is 0.333. The van der Waals surface area contributed by atoms with E-state index in [0.717, 1.165) is 11.3 Å². The van der Waals surface area contributed by atoms with Gasteiger partial charge in [0.25, 0.3) is 0 Å². The van der Waals surface area contributed by atoms with Gasteiger partial charge in [-0.15, -0.1) is 0 Å². The number of amides is 2. The summed E-state index contributed by atoms with van der Waals surface area (Å²) in [5, 5.41) is 5.54. The standard InChI is InChI=1S/C21H23FN2O3/c1-27-17-8-6-15(7-9-17)10-13-23-19(25)21(11-12-21)20(26)24-14-16-4-2-3-5-18(16)22/h2-9H,10-14H2,1H3,(H,23,25)(H,24,26). The maximum absolute atomic E-state index is 13.6. The molecule has 0 aliphatic heterocycles. The summed E-state index contributed by atoms with van der Waals surface area (Å²) < 4.78 is 18.8. The predicted molar refractivity (Wildman–Crippen MR) is 99.6 cm³/mol. The van der Waals surface area contributed by atoms with Crippen molar-refractivity contribution in [3.8, 4) is 5.75 Å². The van der Waals surface area contributed by atoms with Crippen LogP contribution in [0.4, 0.5) is 4.39 Å². The van der Waals surface area contributed by atoms with Gasteiger partial charge in [0.15, 0.2) is 0 Å². The second-order valence-corrected chi connectivity index (χ2v) is 6.71. The summed E-state index contributed by atoms with van der Waals surface area (Å²) in [5.74, 6) is -0.187. The zero-order chi connectivity index (χ0) is 19.3. The number of nitrogens with one attached hydrogen (secondary N) is 2. The lowest BCUT2D eigenvalue weighted by atomic mass is 10.0. The number of rotatable bonds is 8. The zero-order valence-corrected chi connectivity index (χ0v) is 15.3. The molecule has 1 aliphatic rings. The van der Waals surface area contributed by atoms with Crippen molar-refractivity contribution in [2.24, 2.45) is 5.41 Å². The maximum Gasteiger partial charge on any atom is 0.235 e. The molecule has 0 atom stereocenters. The molecule has 2 N–H and O–H groups in total. The van der Waals surface area contributed by atoms with E-state index in [1.54, 1.807) is 25.3 Å². The maximum atomic E-state index is 13.6. The molecule has 1 saturated carbocycles. The first-order valence-electron chi connectivity index (χ1n) is 8.98. The van der Waals surface area contributed by atoms with Gasteiger partial charge in [-0.2, -0.15) is 0 Å². The minimum absolute atomic E-state index is 0.0758. The van der Waals surface area contributed by atoms with Crippen molar-refractivity contribution in [1.29, 1.82) is 0 Å². The Morgan fingerprint density at radius 2 is 1.70 bits per heavy atom. The van der Waals surface area contributed by atoms with Gasteiger partial charge in [-0.3, -0.25) is 9.59 Å². The quantitative estimate of drug-likeness (QED) is 0.702. The molecule has 142 valence electrons. The Labute approximate surface area is 157 Å². The summed E-state index contributed by atoms with van der Waals surface area (Å²) in [6.07, 6.45) is 1.71. The number of carbonyl (C=O) groups excluding carboxylic acids is 2. The Bertz CT molecular complexity index is 816. The second kappa shape index (κ2) is 8.20. The monoisotopic (exact) mass is 370 g/mol. The third-order valence-electron chi connectivity index (χ3n) is 4.87. The molecule has 6 heteroatoms. The summed E-state index contributed by atoms with van der Waals surface area (Å²) in [4.78, 5) is 24.9. The number of ether oxygens (including phenoxy) is 1. The first kappa shape index (κ1) is 18.9. The van der Waals surface area contributed by atoms with Gasteiger partial charge < -0.3 is 15.4 Å². The van der Waals surface area contributed by atoms with E-state index in [0.29, 0.717) is 31.4 Å². The Morgan fingerprint density at radius 3 is 2.33 bits per heavy atom. The first-order chi connectivity index (χ1) is 13.0.